The van der Waals surface area contributed by atoms with Crippen molar-refractivity contribution >= 4 is 5.97 Å². The summed E-state index contributed by atoms with van der Waals surface area (Å²) in [7, 11) is 6.40. The number of carboxylic acid groups (broad SMARTS) is 1. The van der Waals surface area contributed by atoms with E-state index >= 15 is 0 Å². The highest BCUT2D eigenvalue weighted by Gasteiger charge is 2.40. The lowest BCUT2D eigenvalue weighted by Crippen LogP contribution is -2.57. The summed E-state index contributed by atoms with van der Waals surface area (Å²) >= 11 is 0. The molecule has 0 saturated heterocycles. The molecule has 0 amide bonds. The maximum Gasteiger partial charge on any atom is 0.303 e. The molecule has 0 spiro atoms. The molecule has 1 unspecified atom stereocenters. The summed E-state index contributed by atoms with van der Waals surface area (Å²) in [5.41, 5.74) is 0.326. The Morgan fingerprint density at radius 3 is 2.29 bits per heavy atom. The minimum atomic E-state index is -0.698. The quantitative estimate of drug-likeness (QED) is 0.737. The summed E-state index contributed by atoms with van der Waals surface area (Å²) in [4.78, 5) is 15.2. The topological polar surface area (TPSA) is 43.8 Å². The molecule has 4 nitrogen and oxygen atoms in total. The van der Waals surface area contributed by atoms with Crippen LogP contribution in [0.2, 0.25) is 0 Å². The van der Waals surface area contributed by atoms with Crippen molar-refractivity contribution in [3.63, 3.8) is 0 Å². The highest BCUT2D eigenvalue weighted by atomic mass is 16.4. The van der Waals surface area contributed by atoms with Gasteiger partial charge in [-0.1, -0.05) is 0 Å². The standard InChI is InChI=1S/C13H26N2O2/c1-11(6-7-12(16)17)15(4)10-13(14(2)3)8-5-9-13/h11H,5-10H2,1-4H3,(H,16,17). The molecule has 0 radical (unpaired) electrons. The molecular formula is C13H26N2O2. The average molecular weight is 242 g/mol. The van der Waals surface area contributed by atoms with E-state index < -0.39 is 5.97 Å². The van der Waals surface area contributed by atoms with Crippen molar-refractivity contribution in [3.8, 4) is 0 Å². The summed E-state index contributed by atoms with van der Waals surface area (Å²) < 4.78 is 0. The van der Waals surface area contributed by atoms with Gasteiger partial charge in [0.2, 0.25) is 0 Å². The van der Waals surface area contributed by atoms with Crippen LogP contribution in [0, 0.1) is 0 Å². The van der Waals surface area contributed by atoms with Gasteiger partial charge in [-0.05, 0) is 53.8 Å². The zero-order chi connectivity index (χ0) is 13.1. The van der Waals surface area contributed by atoms with Crippen LogP contribution in [0.5, 0.6) is 0 Å². The zero-order valence-electron chi connectivity index (χ0n) is 11.6. The van der Waals surface area contributed by atoms with Crippen molar-refractivity contribution in [3.05, 3.63) is 0 Å². The van der Waals surface area contributed by atoms with Gasteiger partial charge in [-0.3, -0.25) is 4.79 Å². The van der Waals surface area contributed by atoms with E-state index in [1.54, 1.807) is 0 Å². The van der Waals surface area contributed by atoms with E-state index in [4.69, 9.17) is 5.11 Å². The van der Waals surface area contributed by atoms with Crippen LogP contribution in [0.1, 0.15) is 39.0 Å². The third kappa shape index (κ3) is 3.68. The molecule has 0 heterocycles. The maximum atomic E-state index is 10.6. The van der Waals surface area contributed by atoms with Crippen molar-refractivity contribution in [2.45, 2.75) is 50.6 Å². The van der Waals surface area contributed by atoms with Gasteiger partial charge in [-0.25, -0.2) is 0 Å². The second-order valence-electron chi connectivity index (χ2n) is 5.67. The highest BCUT2D eigenvalue weighted by Crippen LogP contribution is 2.37. The van der Waals surface area contributed by atoms with Crippen LogP contribution in [-0.4, -0.2) is 60.1 Å². The summed E-state index contributed by atoms with van der Waals surface area (Å²) in [6.45, 7) is 3.16. The fourth-order valence-corrected chi connectivity index (χ4v) is 2.50. The summed E-state index contributed by atoms with van der Waals surface area (Å²) in [5, 5.41) is 8.70. The molecule has 0 aromatic rings. The third-order valence-electron chi connectivity index (χ3n) is 4.31. The molecule has 1 fully saturated rings. The number of hydrogen-bond donors (Lipinski definition) is 1. The molecule has 100 valence electrons. The van der Waals surface area contributed by atoms with E-state index in [1.807, 2.05) is 0 Å². The van der Waals surface area contributed by atoms with Gasteiger partial charge in [0, 0.05) is 24.5 Å². The Kier molecular flexibility index (Phi) is 4.95. The fourth-order valence-electron chi connectivity index (χ4n) is 2.50. The lowest BCUT2D eigenvalue weighted by Gasteiger charge is -2.50. The van der Waals surface area contributed by atoms with Gasteiger partial charge in [0.1, 0.15) is 0 Å². The summed E-state index contributed by atoms with van der Waals surface area (Å²) in [6.07, 6.45) is 4.83. The molecule has 0 bridgehead atoms. The lowest BCUT2D eigenvalue weighted by molar-refractivity contribution is -0.137. The average Bonchev–Trinajstić information content (AvgIpc) is 2.18. The van der Waals surface area contributed by atoms with Crippen molar-refractivity contribution in [1.29, 1.82) is 0 Å². The second-order valence-corrected chi connectivity index (χ2v) is 5.67. The monoisotopic (exact) mass is 242 g/mol. The molecule has 1 rings (SSSR count). The first-order chi connectivity index (χ1) is 7.87. The maximum absolute atomic E-state index is 10.6. The number of rotatable bonds is 7. The molecule has 1 saturated carbocycles. The minimum Gasteiger partial charge on any atom is -0.481 e. The molecular weight excluding hydrogens is 216 g/mol. The van der Waals surface area contributed by atoms with E-state index in [2.05, 4.69) is 37.9 Å². The normalized spacial score (nSPS) is 20.4. The van der Waals surface area contributed by atoms with Gasteiger partial charge >= 0.3 is 5.97 Å². The van der Waals surface area contributed by atoms with Gasteiger partial charge in [0.15, 0.2) is 0 Å². The number of nitrogens with zero attached hydrogens (tertiary/aromatic N) is 2. The van der Waals surface area contributed by atoms with E-state index in [1.165, 1.54) is 19.3 Å². The first-order valence-electron chi connectivity index (χ1n) is 6.47. The van der Waals surface area contributed by atoms with E-state index in [-0.39, 0.29) is 6.42 Å². The molecule has 1 atom stereocenters. The van der Waals surface area contributed by atoms with Crippen LogP contribution < -0.4 is 0 Å². The van der Waals surface area contributed by atoms with E-state index in [9.17, 15) is 4.79 Å². The first-order valence-corrected chi connectivity index (χ1v) is 6.47. The van der Waals surface area contributed by atoms with Crippen LogP contribution in [-0.2, 0) is 4.79 Å². The van der Waals surface area contributed by atoms with Crippen LogP contribution in [0.4, 0.5) is 0 Å². The van der Waals surface area contributed by atoms with Crippen molar-refractivity contribution in [1.82, 2.24) is 9.80 Å². The molecule has 1 aliphatic rings. The number of aliphatic carboxylic acids is 1. The second kappa shape index (κ2) is 5.83. The Morgan fingerprint density at radius 2 is 1.94 bits per heavy atom. The number of hydrogen-bond acceptors (Lipinski definition) is 3. The number of carboxylic acids is 1. The molecule has 1 N–H and O–H groups in total. The Labute approximate surface area is 105 Å². The molecule has 4 heteroatoms. The van der Waals surface area contributed by atoms with Crippen molar-refractivity contribution in [2.24, 2.45) is 0 Å². The molecule has 1 aliphatic carbocycles. The van der Waals surface area contributed by atoms with E-state index in [0.717, 1.165) is 13.0 Å². The zero-order valence-corrected chi connectivity index (χ0v) is 11.6. The Morgan fingerprint density at radius 1 is 1.35 bits per heavy atom. The molecule has 0 aliphatic heterocycles. The predicted octanol–water partition coefficient (Wildman–Crippen LogP) is 1.66. The minimum absolute atomic E-state index is 0.264. The summed E-state index contributed by atoms with van der Waals surface area (Å²) in [5.74, 6) is -0.698. The van der Waals surface area contributed by atoms with Crippen molar-refractivity contribution < 1.29 is 9.90 Å². The van der Waals surface area contributed by atoms with Gasteiger partial charge in [-0.2, -0.15) is 0 Å². The molecule has 17 heavy (non-hydrogen) atoms. The summed E-state index contributed by atoms with van der Waals surface area (Å²) in [6, 6.07) is 0.337. The third-order valence-corrected chi connectivity index (χ3v) is 4.31. The Hall–Kier alpha value is -0.610. The highest BCUT2D eigenvalue weighted by molar-refractivity contribution is 5.66. The largest absolute Gasteiger partial charge is 0.481 e. The predicted molar refractivity (Wildman–Crippen MR) is 69.2 cm³/mol. The lowest BCUT2D eigenvalue weighted by atomic mass is 9.75. The first kappa shape index (κ1) is 14.5. The number of likely N-dealkylation sites (N-methyl/N-ethyl adjacent to an activating group) is 2. The van der Waals surface area contributed by atoms with Crippen LogP contribution >= 0.6 is 0 Å². The van der Waals surface area contributed by atoms with Gasteiger partial charge in [0.05, 0.1) is 0 Å². The van der Waals surface area contributed by atoms with Gasteiger partial charge in [-0.15, -0.1) is 0 Å². The van der Waals surface area contributed by atoms with Crippen molar-refractivity contribution in [2.75, 3.05) is 27.7 Å². The number of carbonyl (C=O) groups is 1. The SMILES string of the molecule is CC(CCC(=O)O)N(C)CC1(N(C)C)CCC1. The Bertz CT molecular complexity index is 262. The van der Waals surface area contributed by atoms with Crippen LogP contribution in [0.25, 0.3) is 0 Å². The van der Waals surface area contributed by atoms with Crippen LogP contribution in [0.15, 0.2) is 0 Å². The van der Waals surface area contributed by atoms with E-state index in [0.29, 0.717) is 11.6 Å². The van der Waals surface area contributed by atoms with Gasteiger partial charge in [0.25, 0.3) is 0 Å². The molecule has 0 aromatic heterocycles. The van der Waals surface area contributed by atoms with Gasteiger partial charge < -0.3 is 14.9 Å². The smallest absolute Gasteiger partial charge is 0.303 e. The van der Waals surface area contributed by atoms with Crippen LogP contribution in [0.3, 0.4) is 0 Å². The fraction of sp³-hybridized carbons (Fsp3) is 0.923. The Balaban J connectivity index is 2.41. The molecule has 0 aromatic carbocycles.